The third-order valence-electron chi connectivity index (χ3n) is 5.77. The lowest BCUT2D eigenvalue weighted by molar-refractivity contribution is -0.384. The van der Waals surface area contributed by atoms with Gasteiger partial charge >= 0.3 is 5.69 Å². The van der Waals surface area contributed by atoms with Gasteiger partial charge < -0.3 is 15.5 Å². The monoisotopic (exact) mass is 486 g/mol. The smallest absolute Gasteiger partial charge is 0.332 e. The predicted molar refractivity (Wildman–Crippen MR) is 132 cm³/mol. The molecule has 2 aromatic heterocycles. The molecule has 1 fully saturated rings. The maximum absolute atomic E-state index is 13.0. The van der Waals surface area contributed by atoms with Gasteiger partial charge in [0.2, 0.25) is 12.4 Å². The first-order valence-corrected chi connectivity index (χ1v) is 11.1. The Morgan fingerprint density at radius 1 is 1.20 bits per heavy atom. The normalized spacial score (nSPS) is 15.5. The van der Waals surface area contributed by atoms with Crippen LogP contribution < -0.4 is 21.9 Å². The minimum absolute atomic E-state index is 0.00182. The number of nitro groups is 1. The van der Waals surface area contributed by atoms with Crippen molar-refractivity contribution in [3.05, 3.63) is 60.8 Å². The molecular formula is C22H30N8O5. The van der Waals surface area contributed by atoms with Gasteiger partial charge in [0.1, 0.15) is 0 Å². The van der Waals surface area contributed by atoms with Gasteiger partial charge in [-0.15, -0.1) is 0 Å². The molecule has 0 radical (unpaired) electrons. The van der Waals surface area contributed by atoms with Crippen LogP contribution in [0, 0.1) is 10.1 Å². The van der Waals surface area contributed by atoms with E-state index in [9.17, 15) is 24.5 Å². The van der Waals surface area contributed by atoms with Crippen LogP contribution in [0.25, 0.3) is 11.2 Å². The van der Waals surface area contributed by atoms with Gasteiger partial charge in [-0.2, -0.15) is 4.98 Å². The Kier molecular flexibility index (Phi) is 7.69. The number of benzene rings is 1. The number of imidazole rings is 1. The molecule has 13 nitrogen and oxygen atoms in total. The number of piperidine rings is 1. The number of rotatable bonds is 5. The molecule has 1 saturated heterocycles. The highest BCUT2D eigenvalue weighted by molar-refractivity contribution is 5.75. The predicted octanol–water partition coefficient (Wildman–Crippen LogP) is 0.0221. The van der Waals surface area contributed by atoms with E-state index in [2.05, 4.69) is 4.98 Å². The Labute approximate surface area is 201 Å². The molecule has 1 amide bonds. The van der Waals surface area contributed by atoms with Gasteiger partial charge in [0, 0.05) is 59.5 Å². The molecule has 1 aromatic carbocycles. The van der Waals surface area contributed by atoms with E-state index in [0.717, 1.165) is 35.9 Å². The van der Waals surface area contributed by atoms with Crippen LogP contribution in [0.15, 0.2) is 33.9 Å². The Hall–Kier alpha value is -4.00. The standard InChI is InChI=1S/C19H23N7O4.C3H7NO/c1-22-16-15(17(27)23(2)19(22)28)25(10-12-5-7-14(8-6-12)26(29)30)18(21-16)24-9-3-4-13(20)11-24;1-4(2)3-5/h5-8,13H,3-4,9-11,20H2,1-2H3;3H,1-2H3. The number of anilines is 1. The van der Waals surface area contributed by atoms with Gasteiger partial charge in [-0.05, 0) is 18.4 Å². The van der Waals surface area contributed by atoms with Crippen molar-refractivity contribution in [3.63, 3.8) is 0 Å². The first-order chi connectivity index (χ1) is 16.5. The molecule has 0 aliphatic carbocycles. The lowest BCUT2D eigenvalue weighted by atomic mass is 10.1. The fourth-order valence-electron chi connectivity index (χ4n) is 3.92. The van der Waals surface area contributed by atoms with E-state index in [1.807, 2.05) is 4.90 Å². The highest BCUT2D eigenvalue weighted by atomic mass is 16.6. The van der Waals surface area contributed by atoms with Gasteiger partial charge in [0.25, 0.3) is 11.2 Å². The molecule has 0 bridgehead atoms. The molecule has 0 saturated carbocycles. The summed E-state index contributed by atoms with van der Waals surface area (Å²) in [5.74, 6) is 0.566. The van der Waals surface area contributed by atoms with E-state index in [1.165, 1.54) is 28.6 Å². The Morgan fingerprint density at radius 3 is 2.37 bits per heavy atom. The second kappa shape index (κ2) is 10.5. The van der Waals surface area contributed by atoms with Crippen LogP contribution in [0.4, 0.5) is 11.6 Å². The lowest BCUT2D eigenvalue weighted by Gasteiger charge is -2.31. The molecule has 1 aliphatic heterocycles. The SMILES string of the molecule is CN(C)C=O.Cn1c(=O)c2c(nc(N3CCCC(N)C3)n2Cc2ccc([N+](=O)[O-])cc2)n(C)c1=O. The maximum atomic E-state index is 13.0. The largest absolute Gasteiger partial charge is 0.351 e. The van der Waals surface area contributed by atoms with Gasteiger partial charge in [0.15, 0.2) is 11.2 Å². The van der Waals surface area contributed by atoms with Crippen LogP contribution in [-0.4, -0.2) is 68.1 Å². The topological polar surface area (TPSA) is 155 Å². The van der Waals surface area contributed by atoms with Crippen molar-refractivity contribution in [1.29, 1.82) is 0 Å². The summed E-state index contributed by atoms with van der Waals surface area (Å²) in [6.07, 6.45) is 2.57. The van der Waals surface area contributed by atoms with Crippen molar-refractivity contribution in [2.75, 3.05) is 32.1 Å². The van der Waals surface area contributed by atoms with Crippen LogP contribution in [0.1, 0.15) is 18.4 Å². The van der Waals surface area contributed by atoms with Crippen molar-refractivity contribution in [2.24, 2.45) is 19.8 Å². The van der Waals surface area contributed by atoms with Crippen molar-refractivity contribution < 1.29 is 9.72 Å². The fraction of sp³-hybridized carbons (Fsp3) is 0.455. The zero-order valence-corrected chi connectivity index (χ0v) is 20.2. The second-order valence-corrected chi connectivity index (χ2v) is 8.72. The van der Waals surface area contributed by atoms with E-state index in [-0.39, 0.29) is 18.3 Å². The highest BCUT2D eigenvalue weighted by Gasteiger charge is 2.26. The molecule has 13 heteroatoms. The summed E-state index contributed by atoms with van der Waals surface area (Å²) in [6, 6.07) is 6.17. The van der Waals surface area contributed by atoms with Crippen LogP contribution in [0.2, 0.25) is 0 Å². The van der Waals surface area contributed by atoms with E-state index < -0.39 is 16.2 Å². The fourth-order valence-corrected chi connectivity index (χ4v) is 3.92. The number of aromatic nitrogens is 4. The third kappa shape index (κ3) is 5.40. The van der Waals surface area contributed by atoms with Gasteiger partial charge in [-0.25, -0.2) is 4.79 Å². The van der Waals surface area contributed by atoms with Crippen molar-refractivity contribution in [3.8, 4) is 0 Å². The zero-order chi connectivity index (χ0) is 25.9. The zero-order valence-electron chi connectivity index (χ0n) is 20.2. The van der Waals surface area contributed by atoms with Crippen molar-refractivity contribution in [2.45, 2.75) is 25.4 Å². The number of nitrogens with two attached hydrogens (primary N) is 1. The van der Waals surface area contributed by atoms with Crippen LogP contribution in [0.5, 0.6) is 0 Å². The molecule has 1 unspecified atom stereocenters. The van der Waals surface area contributed by atoms with Gasteiger partial charge in [0.05, 0.1) is 11.5 Å². The molecule has 1 atom stereocenters. The molecule has 4 rings (SSSR count). The highest BCUT2D eigenvalue weighted by Crippen LogP contribution is 2.24. The third-order valence-corrected chi connectivity index (χ3v) is 5.77. The summed E-state index contributed by atoms with van der Waals surface area (Å²) in [5.41, 5.74) is 6.65. The summed E-state index contributed by atoms with van der Waals surface area (Å²) in [4.78, 5) is 53.4. The number of aryl methyl sites for hydroxylation is 1. The van der Waals surface area contributed by atoms with Crippen molar-refractivity contribution in [1.82, 2.24) is 23.6 Å². The number of nitro benzene ring substituents is 1. The Morgan fingerprint density at radius 2 is 1.83 bits per heavy atom. The van der Waals surface area contributed by atoms with Gasteiger partial charge in [-0.3, -0.25) is 33.4 Å². The average molecular weight is 487 g/mol. The molecular weight excluding hydrogens is 456 g/mol. The minimum atomic E-state index is -0.456. The van der Waals surface area contributed by atoms with E-state index >= 15 is 0 Å². The second-order valence-electron chi connectivity index (χ2n) is 8.72. The summed E-state index contributed by atoms with van der Waals surface area (Å²) < 4.78 is 4.19. The quantitative estimate of drug-likeness (QED) is 0.301. The number of non-ortho nitro benzene ring substituents is 1. The van der Waals surface area contributed by atoms with Crippen LogP contribution >= 0.6 is 0 Å². The number of nitrogens with zero attached hydrogens (tertiary/aromatic N) is 7. The van der Waals surface area contributed by atoms with Crippen LogP contribution in [-0.2, 0) is 25.4 Å². The number of amides is 1. The first kappa shape index (κ1) is 25.6. The number of carbonyl (C=O) groups excluding carboxylic acids is 1. The summed E-state index contributed by atoms with van der Waals surface area (Å²) in [7, 11) is 6.39. The van der Waals surface area contributed by atoms with E-state index in [0.29, 0.717) is 23.7 Å². The Balaban J connectivity index is 0.000000623. The average Bonchev–Trinajstić information content (AvgIpc) is 3.21. The molecule has 2 N–H and O–H groups in total. The molecule has 35 heavy (non-hydrogen) atoms. The minimum Gasteiger partial charge on any atom is -0.351 e. The molecule has 1 aliphatic rings. The molecule has 3 heterocycles. The van der Waals surface area contributed by atoms with E-state index in [1.54, 1.807) is 37.8 Å². The summed E-state index contributed by atoms with van der Waals surface area (Å²) in [6.45, 7) is 1.62. The lowest BCUT2D eigenvalue weighted by Crippen LogP contribution is -2.44. The maximum Gasteiger partial charge on any atom is 0.332 e. The van der Waals surface area contributed by atoms with Crippen molar-refractivity contribution >= 4 is 29.2 Å². The molecule has 0 spiro atoms. The Bertz CT molecular complexity index is 1340. The van der Waals surface area contributed by atoms with E-state index in [4.69, 9.17) is 5.73 Å². The summed E-state index contributed by atoms with van der Waals surface area (Å²) >= 11 is 0. The number of carbonyl (C=O) groups is 1. The van der Waals surface area contributed by atoms with Gasteiger partial charge in [-0.1, -0.05) is 12.1 Å². The number of fused-ring (bicyclic) bond motifs is 1. The number of hydrogen-bond donors (Lipinski definition) is 1. The number of hydrogen-bond acceptors (Lipinski definition) is 8. The summed E-state index contributed by atoms with van der Waals surface area (Å²) in [5, 5.41) is 10.9. The first-order valence-electron chi connectivity index (χ1n) is 11.1. The molecule has 3 aromatic rings. The molecule has 188 valence electrons. The van der Waals surface area contributed by atoms with Crippen LogP contribution in [0.3, 0.4) is 0 Å².